The Morgan fingerprint density at radius 1 is 0.630 bits per heavy atom. The summed E-state index contributed by atoms with van der Waals surface area (Å²) in [4.78, 5) is 13.2. The number of pyridine rings is 1. The van der Waals surface area contributed by atoms with Crippen molar-refractivity contribution >= 4 is 21.9 Å². The Kier molecular flexibility index (Phi) is 8.54. The summed E-state index contributed by atoms with van der Waals surface area (Å²) in [6.07, 6.45) is 4.72. The molecule has 0 fully saturated rings. The number of aryl methyl sites for hydroxylation is 1. The minimum absolute atomic E-state index is 0.102. The maximum absolute atomic E-state index is 10.4. The summed E-state index contributed by atoms with van der Waals surface area (Å²) in [6, 6.07) is 54.3. The van der Waals surface area contributed by atoms with Gasteiger partial charge in [-0.05, 0) is 70.5 Å². The maximum Gasteiger partial charge on any atom is 0.159 e. The van der Waals surface area contributed by atoms with Crippen LogP contribution < -0.4 is 0 Å². The molecule has 0 aliphatic heterocycles. The molecule has 0 atom stereocenters. The van der Waals surface area contributed by atoms with Gasteiger partial charge in [-0.3, -0.25) is 4.98 Å². The number of hydrogen-bond acceptors (Lipinski definition) is 5. The first kappa shape index (κ1) is 33.0. The topological polar surface area (TPSA) is 99.8 Å². The van der Waals surface area contributed by atoms with Gasteiger partial charge in [0.25, 0.3) is 0 Å². The highest BCUT2D eigenvalue weighted by Crippen LogP contribution is 2.45. The molecule has 9 aromatic rings. The first-order valence-corrected chi connectivity index (χ1v) is 18.2. The van der Waals surface area contributed by atoms with Crippen molar-refractivity contribution in [1.82, 2.24) is 24.7 Å². The number of imidazole rings is 1. The van der Waals surface area contributed by atoms with Gasteiger partial charge in [-0.2, -0.15) is 5.10 Å². The Bertz CT molecular complexity index is 2620. The van der Waals surface area contributed by atoms with E-state index in [2.05, 4.69) is 148 Å². The number of benzene rings is 6. The first-order valence-electron chi connectivity index (χ1n) is 18.2. The second-order valence-corrected chi connectivity index (χ2v) is 13.5. The fourth-order valence-electron chi connectivity index (χ4n) is 7.77. The average Bonchev–Trinajstić information content (AvgIpc) is 3.84. The molecule has 7 nitrogen and oxygen atoms in total. The number of nitrogens with zero attached hydrogens (tertiary/aromatic N) is 4. The smallest absolute Gasteiger partial charge is 0.159 e. The molecule has 3 aromatic heterocycles. The van der Waals surface area contributed by atoms with E-state index in [1.54, 1.807) is 12.3 Å². The molecule has 6 aromatic carbocycles. The monoisotopic (exact) mass is 703 g/mol. The van der Waals surface area contributed by atoms with Crippen molar-refractivity contribution in [3.63, 3.8) is 0 Å². The van der Waals surface area contributed by atoms with Crippen LogP contribution in [-0.4, -0.2) is 41.6 Å². The Morgan fingerprint density at radius 2 is 1.31 bits per heavy atom. The fourth-order valence-corrected chi connectivity index (χ4v) is 7.77. The number of hydrogen-bond donors (Lipinski definition) is 3. The van der Waals surface area contributed by atoms with Crippen LogP contribution in [0.4, 0.5) is 0 Å². The number of nitrogens with one attached hydrogen (secondary N) is 1. The van der Waals surface area contributed by atoms with Crippen LogP contribution in [0.15, 0.2) is 170 Å². The quantitative estimate of drug-likeness (QED) is 0.123. The van der Waals surface area contributed by atoms with Gasteiger partial charge < -0.3 is 15.2 Å². The molecule has 0 bridgehead atoms. The van der Waals surface area contributed by atoms with E-state index in [0.29, 0.717) is 17.9 Å². The molecule has 0 aliphatic rings. The van der Waals surface area contributed by atoms with Crippen molar-refractivity contribution in [2.75, 3.05) is 6.61 Å². The Hall–Kier alpha value is -6.83. The zero-order valence-corrected chi connectivity index (χ0v) is 29.5. The first-order chi connectivity index (χ1) is 26.6. The molecule has 0 amide bonds. The highest BCUT2D eigenvalue weighted by molar-refractivity contribution is 5.99. The van der Waals surface area contributed by atoms with Crippen LogP contribution in [0.1, 0.15) is 28.7 Å². The summed E-state index contributed by atoms with van der Waals surface area (Å²) in [5, 5.41) is 26.3. The summed E-state index contributed by atoms with van der Waals surface area (Å²) in [6.45, 7) is 0.160. The van der Waals surface area contributed by atoms with E-state index < -0.39 is 5.54 Å². The molecule has 54 heavy (non-hydrogen) atoms. The standard InChI is InChI=1S/C47H37N5O2/c53-26-12-14-32-13-10-15-34(27-32)40-22-11-23-42-44(40)50-46(49-42)45-41-29-33(35-28-39(54)31-48-30-35)24-25-43(41)52(51-45)47(36-16-4-1-5-17-36,37-18-6-2-7-19-37)38-20-8-3-9-21-38/h1-11,13,15-25,27-31,53-54H,12,14,26H2,(H,49,50). The lowest BCUT2D eigenvalue weighted by Gasteiger charge is -2.37. The van der Waals surface area contributed by atoms with Gasteiger partial charge in [-0.25, -0.2) is 9.67 Å². The third kappa shape index (κ3) is 5.72. The highest BCUT2D eigenvalue weighted by Gasteiger charge is 2.41. The van der Waals surface area contributed by atoms with Crippen LogP contribution in [0, 0.1) is 0 Å². The highest BCUT2D eigenvalue weighted by atomic mass is 16.3. The van der Waals surface area contributed by atoms with Gasteiger partial charge in [0.15, 0.2) is 5.82 Å². The summed E-state index contributed by atoms with van der Waals surface area (Å²) < 4.78 is 2.15. The lowest BCUT2D eigenvalue weighted by atomic mass is 9.77. The largest absolute Gasteiger partial charge is 0.506 e. The number of H-pyrrole nitrogens is 1. The minimum Gasteiger partial charge on any atom is -0.506 e. The molecule has 0 radical (unpaired) electrons. The van der Waals surface area contributed by atoms with Crippen LogP contribution in [0.2, 0.25) is 0 Å². The van der Waals surface area contributed by atoms with Gasteiger partial charge >= 0.3 is 0 Å². The number of fused-ring (bicyclic) bond motifs is 2. The molecule has 0 saturated heterocycles. The van der Waals surface area contributed by atoms with Gasteiger partial charge in [0, 0.05) is 29.3 Å². The normalized spacial score (nSPS) is 11.7. The molecule has 0 aliphatic carbocycles. The molecule has 9 rings (SSSR count). The number of para-hydroxylation sites is 1. The van der Waals surface area contributed by atoms with Crippen molar-refractivity contribution in [1.29, 1.82) is 0 Å². The number of aliphatic hydroxyl groups excluding tert-OH is 1. The van der Waals surface area contributed by atoms with Crippen LogP contribution in [0.3, 0.4) is 0 Å². The third-order valence-corrected chi connectivity index (χ3v) is 10.2. The van der Waals surface area contributed by atoms with Gasteiger partial charge in [0.05, 0.1) is 22.7 Å². The molecule has 0 saturated carbocycles. The summed E-state index contributed by atoms with van der Waals surface area (Å²) in [7, 11) is 0. The predicted octanol–water partition coefficient (Wildman–Crippen LogP) is 9.78. The summed E-state index contributed by atoms with van der Waals surface area (Å²) in [5.41, 5.74) is 10.6. The number of aromatic nitrogens is 5. The van der Waals surface area contributed by atoms with Gasteiger partial charge in [-0.15, -0.1) is 0 Å². The third-order valence-electron chi connectivity index (χ3n) is 10.2. The van der Waals surface area contributed by atoms with Crippen molar-refractivity contribution in [2.24, 2.45) is 0 Å². The number of rotatable bonds is 10. The molecule has 262 valence electrons. The summed E-state index contributed by atoms with van der Waals surface area (Å²) >= 11 is 0. The van der Waals surface area contributed by atoms with Crippen molar-refractivity contribution in [3.8, 4) is 39.5 Å². The molecule has 3 heterocycles. The van der Waals surface area contributed by atoms with Crippen molar-refractivity contribution < 1.29 is 10.2 Å². The maximum atomic E-state index is 10.4. The average molecular weight is 704 g/mol. The van der Waals surface area contributed by atoms with Crippen LogP contribution in [0.25, 0.3) is 55.7 Å². The number of aliphatic hydroxyl groups is 1. The molecule has 7 heteroatoms. The second kappa shape index (κ2) is 14.0. The van der Waals surface area contributed by atoms with Crippen LogP contribution in [-0.2, 0) is 12.0 Å². The Morgan fingerprint density at radius 3 is 1.98 bits per heavy atom. The Labute approximate surface area is 312 Å². The lowest BCUT2D eigenvalue weighted by molar-refractivity contribution is 0.288. The Balaban J connectivity index is 1.34. The molecule has 0 unspecified atom stereocenters. The van der Waals surface area contributed by atoms with E-state index in [9.17, 15) is 10.2 Å². The summed E-state index contributed by atoms with van der Waals surface area (Å²) in [5.74, 6) is 0.747. The van der Waals surface area contributed by atoms with E-state index in [0.717, 1.165) is 67.3 Å². The fraction of sp³-hybridized carbons (Fsp3) is 0.0851. The van der Waals surface area contributed by atoms with Gasteiger partial charge in [0.2, 0.25) is 0 Å². The molecule has 3 N–H and O–H groups in total. The zero-order valence-electron chi connectivity index (χ0n) is 29.5. The van der Waals surface area contributed by atoms with Crippen molar-refractivity contribution in [3.05, 3.63) is 192 Å². The van der Waals surface area contributed by atoms with E-state index in [1.165, 1.54) is 11.8 Å². The van der Waals surface area contributed by atoms with Crippen molar-refractivity contribution in [2.45, 2.75) is 18.4 Å². The van der Waals surface area contributed by atoms with E-state index >= 15 is 0 Å². The SMILES string of the molecule is OCCCc1cccc(-c2cccc3[nH]c(-c4nn(C(c5ccccc5)(c5ccccc5)c5ccccc5)c5ccc(-c6cncc(O)c6)cc45)nc23)c1. The zero-order chi connectivity index (χ0) is 36.5. The predicted molar refractivity (Wildman–Crippen MR) is 215 cm³/mol. The van der Waals surface area contributed by atoms with E-state index in [-0.39, 0.29) is 12.4 Å². The molecular weight excluding hydrogens is 667 g/mol. The number of aromatic hydroxyl groups is 1. The van der Waals surface area contributed by atoms with Crippen LogP contribution >= 0.6 is 0 Å². The molecular formula is C47H37N5O2. The van der Waals surface area contributed by atoms with Gasteiger partial charge in [-0.1, -0.05) is 133 Å². The van der Waals surface area contributed by atoms with E-state index in [4.69, 9.17) is 10.1 Å². The van der Waals surface area contributed by atoms with Gasteiger partial charge in [0.1, 0.15) is 17.0 Å². The van der Waals surface area contributed by atoms with E-state index in [1.807, 2.05) is 18.2 Å². The lowest BCUT2D eigenvalue weighted by Crippen LogP contribution is -2.38. The second-order valence-electron chi connectivity index (χ2n) is 13.5. The number of aromatic amines is 1. The molecule has 0 spiro atoms. The van der Waals surface area contributed by atoms with Crippen LogP contribution in [0.5, 0.6) is 5.75 Å². The minimum atomic E-state index is -0.861.